The molecule has 0 saturated carbocycles. The zero-order valence-electron chi connectivity index (χ0n) is 23.4. The van der Waals surface area contributed by atoms with E-state index in [1.165, 1.54) is 16.8 Å². The number of fused-ring (bicyclic) bond motifs is 3. The van der Waals surface area contributed by atoms with Crippen LogP contribution in [-0.2, 0) is 6.42 Å². The average Bonchev–Trinajstić information content (AvgIpc) is 3.55. The average molecular weight is 498 g/mol. The molecular formula is C30H39N7. The molecule has 6 aromatic heterocycles. The molecule has 6 aromatic rings. The number of nitrogens with zero attached hydrogens (tertiary/aromatic N) is 7. The summed E-state index contributed by atoms with van der Waals surface area (Å²) < 4.78 is 5.91. The highest BCUT2D eigenvalue weighted by Gasteiger charge is 2.00. The number of pyridine rings is 2. The van der Waals surface area contributed by atoms with E-state index >= 15 is 0 Å². The molecule has 194 valence electrons. The fraction of sp³-hybridized carbons (Fsp3) is 0.333. The number of rotatable bonds is 2. The molecule has 6 heterocycles. The molecular weight excluding hydrogens is 458 g/mol. The molecule has 0 N–H and O–H groups in total. The normalized spacial score (nSPS) is 10.4. The van der Waals surface area contributed by atoms with E-state index in [0.717, 1.165) is 46.9 Å². The third-order valence-electron chi connectivity index (χ3n) is 5.48. The molecule has 0 aliphatic carbocycles. The van der Waals surface area contributed by atoms with E-state index in [4.69, 9.17) is 0 Å². The first kappa shape index (κ1) is 27.6. The minimum absolute atomic E-state index is 0.919. The van der Waals surface area contributed by atoms with Crippen molar-refractivity contribution in [3.8, 4) is 0 Å². The second-order valence-electron chi connectivity index (χ2n) is 8.96. The Hall–Kier alpha value is -4.00. The highest BCUT2D eigenvalue weighted by atomic mass is 15.2. The maximum absolute atomic E-state index is 4.53. The van der Waals surface area contributed by atoms with Crippen LogP contribution < -0.4 is 0 Å². The van der Waals surface area contributed by atoms with Crippen LogP contribution in [0.5, 0.6) is 0 Å². The van der Waals surface area contributed by atoms with Crippen molar-refractivity contribution in [1.82, 2.24) is 33.4 Å². The van der Waals surface area contributed by atoms with Crippen LogP contribution in [0.1, 0.15) is 61.1 Å². The Kier molecular flexibility index (Phi) is 9.55. The predicted octanol–water partition coefficient (Wildman–Crippen LogP) is 6.92. The smallest absolute Gasteiger partial charge is 0.155 e. The van der Waals surface area contributed by atoms with Gasteiger partial charge in [-0.05, 0) is 76.4 Å². The summed E-state index contributed by atoms with van der Waals surface area (Å²) in [7, 11) is 0. The highest BCUT2D eigenvalue weighted by Crippen LogP contribution is 2.09. The van der Waals surface area contributed by atoms with Crippen molar-refractivity contribution in [3.63, 3.8) is 0 Å². The van der Waals surface area contributed by atoms with Crippen molar-refractivity contribution in [3.05, 3.63) is 101 Å². The van der Waals surface area contributed by atoms with E-state index in [9.17, 15) is 0 Å². The summed E-state index contributed by atoms with van der Waals surface area (Å²) in [6.07, 6.45) is 12.4. The summed E-state index contributed by atoms with van der Waals surface area (Å²) >= 11 is 0. The van der Waals surface area contributed by atoms with Gasteiger partial charge in [-0.1, -0.05) is 33.3 Å². The topological polar surface area (TPSA) is 64.8 Å². The number of aryl methyl sites for hydroxylation is 6. The van der Waals surface area contributed by atoms with Gasteiger partial charge in [-0.25, -0.2) is 19.5 Å². The van der Waals surface area contributed by atoms with E-state index in [0.29, 0.717) is 0 Å². The molecule has 0 aromatic carbocycles. The lowest BCUT2D eigenvalue weighted by atomic mass is 10.3. The number of hydrogen-bond donors (Lipinski definition) is 0. The van der Waals surface area contributed by atoms with Gasteiger partial charge in [-0.3, -0.25) is 0 Å². The summed E-state index contributed by atoms with van der Waals surface area (Å²) in [5, 5.41) is 4.21. The lowest BCUT2D eigenvalue weighted by Crippen LogP contribution is -1.90. The van der Waals surface area contributed by atoms with Crippen LogP contribution >= 0.6 is 0 Å². The minimum Gasteiger partial charge on any atom is -0.307 e. The van der Waals surface area contributed by atoms with Crippen molar-refractivity contribution in [1.29, 1.82) is 0 Å². The molecule has 0 spiro atoms. The van der Waals surface area contributed by atoms with Gasteiger partial charge >= 0.3 is 0 Å². The Morgan fingerprint density at radius 1 is 0.622 bits per heavy atom. The molecule has 6 rings (SSSR count). The molecule has 0 amide bonds. The third-order valence-corrected chi connectivity index (χ3v) is 5.48. The van der Waals surface area contributed by atoms with Crippen molar-refractivity contribution in [2.45, 2.75) is 68.2 Å². The summed E-state index contributed by atoms with van der Waals surface area (Å²) in [5.74, 6) is 0. The summed E-state index contributed by atoms with van der Waals surface area (Å²) in [4.78, 5) is 13.1. The van der Waals surface area contributed by atoms with E-state index < -0.39 is 0 Å². The van der Waals surface area contributed by atoms with E-state index in [1.807, 2.05) is 69.6 Å². The van der Waals surface area contributed by atoms with Gasteiger partial charge in [-0.2, -0.15) is 5.10 Å². The molecule has 0 aliphatic heterocycles. The van der Waals surface area contributed by atoms with Gasteiger partial charge in [0.25, 0.3) is 0 Å². The number of aromatic nitrogens is 7. The van der Waals surface area contributed by atoms with Crippen molar-refractivity contribution >= 4 is 16.9 Å². The lowest BCUT2D eigenvalue weighted by molar-refractivity contribution is 0.894. The molecule has 0 atom stereocenters. The molecule has 0 bridgehead atoms. The van der Waals surface area contributed by atoms with Crippen molar-refractivity contribution in [2.24, 2.45) is 0 Å². The monoisotopic (exact) mass is 497 g/mol. The maximum Gasteiger partial charge on any atom is 0.155 e. The minimum atomic E-state index is 0.919. The first-order chi connectivity index (χ1) is 17.8. The molecule has 7 nitrogen and oxygen atoms in total. The van der Waals surface area contributed by atoms with Gasteiger partial charge in [0.15, 0.2) is 5.65 Å². The van der Waals surface area contributed by atoms with Crippen molar-refractivity contribution < 1.29 is 0 Å². The molecule has 7 heteroatoms. The fourth-order valence-electron chi connectivity index (χ4n) is 3.84. The quantitative estimate of drug-likeness (QED) is 0.260. The molecule has 0 radical (unpaired) electrons. The van der Waals surface area contributed by atoms with Crippen LogP contribution in [0.2, 0.25) is 0 Å². The standard InChI is InChI=1S/C11H14N2.C9H10N2.C8H9N3.C2H6/c1-3-4-10-8-13-6-5-9(2)7-11(13)12-10;1-7-3-4-9-10-8(2)6-11(9)5-7;1-6-3-4-11-8(9-6)5-7(2)10-11;1-2/h5-8H,3-4H2,1-2H3;3-6H,1-2H3;3-5H,1-2H3;1-2H3. The van der Waals surface area contributed by atoms with Crippen LogP contribution in [0.3, 0.4) is 0 Å². The Labute approximate surface area is 219 Å². The van der Waals surface area contributed by atoms with Gasteiger partial charge in [0.2, 0.25) is 0 Å². The highest BCUT2D eigenvalue weighted by molar-refractivity contribution is 5.43. The van der Waals surface area contributed by atoms with Gasteiger partial charge < -0.3 is 8.80 Å². The molecule has 37 heavy (non-hydrogen) atoms. The first-order valence-electron chi connectivity index (χ1n) is 13.0. The largest absolute Gasteiger partial charge is 0.307 e. The third kappa shape index (κ3) is 7.49. The molecule has 0 saturated heterocycles. The number of hydrogen-bond acceptors (Lipinski definition) is 4. The molecule has 0 unspecified atom stereocenters. The summed E-state index contributed by atoms with van der Waals surface area (Å²) in [6, 6.07) is 12.2. The molecule has 0 fully saturated rings. The Morgan fingerprint density at radius 3 is 2.14 bits per heavy atom. The zero-order chi connectivity index (χ0) is 26.9. The Balaban J connectivity index is 0.000000150. The fourth-order valence-corrected chi connectivity index (χ4v) is 3.84. The van der Waals surface area contributed by atoms with E-state index in [2.05, 4.69) is 82.0 Å². The lowest BCUT2D eigenvalue weighted by Gasteiger charge is -1.92. The molecule has 0 aliphatic rings. The number of imidazole rings is 2. The van der Waals surface area contributed by atoms with Crippen LogP contribution in [0.4, 0.5) is 0 Å². The van der Waals surface area contributed by atoms with Gasteiger partial charge in [0.1, 0.15) is 11.3 Å². The van der Waals surface area contributed by atoms with E-state index in [-0.39, 0.29) is 0 Å². The summed E-state index contributed by atoms with van der Waals surface area (Å²) in [5.41, 5.74) is 9.80. The van der Waals surface area contributed by atoms with Crippen LogP contribution in [0, 0.1) is 34.6 Å². The second-order valence-corrected chi connectivity index (χ2v) is 8.96. The van der Waals surface area contributed by atoms with Crippen molar-refractivity contribution in [2.75, 3.05) is 0 Å². The van der Waals surface area contributed by atoms with Crippen LogP contribution in [-0.4, -0.2) is 33.4 Å². The Morgan fingerprint density at radius 2 is 1.38 bits per heavy atom. The van der Waals surface area contributed by atoms with Gasteiger partial charge in [0, 0.05) is 42.7 Å². The summed E-state index contributed by atoms with van der Waals surface area (Å²) in [6.45, 7) is 16.3. The maximum atomic E-state index is 4.53. The van der Waals surface area contributed by atoms with Gasteiger partial charge in [-0.15, -0.1) is 0 Å². The zero-order valence-corrected chi connectivity index (χ0v) is 23.4. The Bertz CT molecular complexity index is 1490. The predicted molar refractivity (Wildman–Crippen MR) is 152 cm³/mol. The van der Waals surface area contributed by atoms with Crippen LogP contribution in [0.15, 0.2) is 67.4 Å². The SMILES string of the molecule is CC.CCCc1cn2ccc(C)cc2n1.Cc1ccc2nc(C)cn2c1.Cc1ccn2nc(C)cc2n1. The van der Waals surface area contributed by atoms with Crippen LogP contribution in [0.25, 0.3) is 16.9 Å². The second kappa shape index (κ2) is 12.8. The van der Waals surface area contributed by atoms with Gasteiger partial charge in [0.05, 0.1) is 17.1 Å². The van der Waals surface area contributed by atoms with E-state index in [1.54, 1.807) is 4.52 Å². The first-order valence-corrected chi connectivity index (χ1v) is 13.0.